The Kier molecular flexibility index (Phi) is 4.45. The number of hydrogen-bond donors (Lipinski definition) is 1. The number of nitrogens with one attached hydrogen (secondary N) is 1. The molecule has 5 nitrogen and oxygen atoms in total. The van der Waals surface area contributed by atoms with E-state index >= 15 is 0 Å². The van der Waals surface area contributed by atoms with Crippen molar-refractivity contribution in [2.45, 2.75) is 6.42 Å². The molecule has 1 amide bonds. The Labute approximate surface area is 93.5 Å². The lowest BCUT2D eigenvalue weighted by molar-refractivity contribution is -0.116. The molecule has 0 fully saturated rings. The maximum atomic E-state index is 11.4. The van der Waals surface area contributed by atoms with Gasteiger partial charge in [0.1, 0.15) is 5.15 Å². The average Bonchev–Trinajstić information content (AvgIpc) is 2.19. The minimum atomic E-state index is -0.0830. The van der Waals surface area contributed by atoms with Crippen LogP contribution in [0, 0.1) is 0 Å². The van der Waals surface area contributed by atoms with E-state index in [-0.39, 0.29) is 5.91 Å². The molecule has 82 valence electrons. The van der Waals surface area contributed by atoms with E-state index in [1.54, 1.807) is 0 Å². The van der Waals surface area contributed by atoms with E-state index in [2.05, 4.69) is 15.3 Å². The summed E-state index contributed by atoms with van der Waals surface area (Å²) in [5, 5.41) is 2.93. The molecule has 0 saturated heterocycles. The van der Waals surface area contributed by atoms with Crippen molar-refractivity contribution in [3.8, 4) is 0 Å². The van der Waals surface area contributed by atoms with Crippen LogP contribution in [0.5, 0.6) is 0 Å². The number of carbonyl (C=O) groups is 1. The molecule has 0 bridgehead atoms. The Morgan fingerprint density at radius 3 is 2.73 bits per heavy atom. The average molecular weight is 229 g/mol. The molecule has 6 heteroatoms. The summed E-state index contributed by atoms with van der Waals surface area (Å²) in [6.07, 6.45) is 3.25. The van der Waals surface area contributed by atoms with Gasteiger partial charge in [0.25, 0.3) is 0 Å². The van der Waals surface area contributed by atoms with Crippen LogP contribution in [0.3, 0.4) is 0 Å². The topological polar surface area (TPSA) is 58.1 Å². The summed E-state index contributed by atoms with van der Waals surface area (Å²) >= 11 is 5.56. The van der Waals surface area contributed by atoms with Crippen LogP contribution in [0.4, 0.5) is 5.82 Å². The molecule has 0 aromatic carbocycles. The molecular formula is C9H13ClN4O. The normalized spacial score (nSPS) is 10.4. The Hall–Kier alpha value is -1.20. The van der Waals surface area contributed by atoms with E-state index < -0.39 is 0 Å². The quantitative estimate of drug-likeness (QED) is 0.836. The Morgan fingerprint density at radius 2 is 2.20 bits per heavy atom. The number of rotatable bonds is 4. The van der Waals surface area contributed by atoms with Crippen LogP contribution in [0.2, 0.25) is 5.15 Å². The molecule has 0 spiro atoms. The van der Waals surface area contributed by atoms with Crippen molar-refractivity contribution >= 4 is 23.3 Å². The van der Waals surface area contributed by atoms with Gasteiger partial charge in [-0.1, -0.05) is 11.6 Å². The molecule has 1 heterocycles. The highest BCUT2D eigenvalue weighted by Gasteiger charge is 2.03. The van der Waals surface area contributed by atoms with Gasteiger partial charge in [-0.2, -0.15) is 0 Å². The summed E-state index contributed by atoms with van der Waals surface area (Å²) in [5.41, 5.74) is 0. The second-order valence-electron chi connectivity index (χ2n) is 3.33. The van der Waals surface area contributed by atoms with Crippen LogP contribution in [-0.4, -0.2) is 41.4 Å². The molecule has 1 aromatic heterocycles. The SMILES string of the molecule is CN(C)CCC(=O)Nc1cnc(Cl)cn1. The van der Waals surface area contributed by atoms with Gasteiger partial charge in [-0.25, -0.2) is 9.97 Å². The van der Waals surface area contributed by atoms with E-state index in [1.807, 2.05) is 19.0 Å². The Balaban J connectivity index is 2.41. The first kappa shape index (κ1) is 11.9. The number of carbonyl (C=O) groups excluding carboxylic acids is 1. The van der Waals surface area contributed by atoms with Crippen LogP contribution >= 0.6 is 11.6 Å². The molecule has 15 heavy (non-hydrogen) atoms. The second-order valence-corrected chi connectivity index (χ2v) is 3.71. The molecular weight excluding hydrogens is 216 g/mol. The van der Waals surface area contributed by atoms with Crippen LogP contribution in [0.1, 0.15) is 6.42 Å². The zero-order valence-electron chi connectivity index (χ0n) is 8.70. The van der Waals surface area contributed by atoms with Crippen LogP contribution in [0.25, 0.3) is 0 Å². The number of hydrogen-bond acceptors (Lipinski definition) is 4. The fourth-order valence-electron chi connectivity index (χ4n) is 0.907. The minimum Gasteiger partial charge on any atom is -0.309 e. The summed E-state index contributed by atoms with van der Waals surface area (Å²) in [7, 11) is 3.82. The lowest BCUT2D eigenvalue weighted by Crippen LogP contribution is -2.21. The van der Waals surface area contributed by atoms with Gasteiger partial charge in [0.2, 0.25) is 5.91 Å². The fraction of sp³-hybridized carbons (Fsp3) is 0.444. The molecule has 0 atom stereocenters. The first-order chi connectivity index (χ1) is 7.08. The monoisotopic (exact) mass is 228 g/mol. The van der Waals surface area contributed by atoms with Crippen molar-refractivity contribution in [3.05, 3.63) is 17.5 Å². The number of amides is 1. The fourth-order valence-corrected chi connectivity index (χ4v) is 1.00. The third-order valence-corrected chi connectivity index (χ3v) is 1.87. The van der Waals surface area contributed by atoms with Gasteiger partial charge in [-0.05, 0) is 14.1 Å². The lowest BCUT2D eigenvalue weighted by Gasteiger charge is -2.08. The van der Waals surface area contributed by atoms with Crippen LogP contribution < -0.4 is 5.32 Å². The van der Waals surface area contributed by atoms with E-state index in [0.29, 0.717) is 23.9 Å². The van der Waals surface area contributed by atoms with Gasteiger partial charge in [0, 0.05) is 13.0 Å². The summed E-state index contributed by atoms with van der Waals surface area (Å²) in [4.78, 5) is 21.0. The third-order valence-electron chi connectivity index (χ3n) is 1.67. The second kappa shape index (κ2) is 5.63. The predicted octanol–water partition coefficient (Wildman–Crippen LogP) is 1.02. The van der Waals surface area contributed by atoms with Gasteiger partial charge in [0.05, 0.1) is 12.4 Å². The molecule has 0 aliphatic carbocycles. The highest BCUT2D eigenvalue weighted by Crippen LogP contribution is 2.05. The summed E-state index contributed by atoms with van der Waals surface area (Å²) in [5.74, 6) is 0.337. The molecule has 0 aliphatic rings. The van der Waals surface area contributed by atoms with Gasteiger partial charge in [-0.15, -0.1) is 0 Å². The molecule has 1 rings (SSSR count). The third kappa shape index (κ3) is 4.71. The van der Waals surface area contributed by atoms with Crippen molar-refractivity contribution < 1.29 is 4.79 Å². The standard InChI is InChI=1S/C9H13ClN4O/c1-14(2)4-3-9(15)13-8-6-11-7(10)5-12-8/h5-6H,3-4H2,1-2H3,(H,12,13,15). The molecule has 1 aromatic rings. The summed E-state index contributed by atoms with van der Waals surface area (Å²) in [6.45, 7) is 0.701. The predicted molar refractivity (Wildman–Crippen MR) is 58.8 cm³/mol. The first-order valence-corrected chi connectivity index (χ1v) is 4.88. The Bertz CT molecular complexity index is 325. The van der Waals surface area contributed by atoms with E-state index in [9.17, 15) is 4.79 Å². The molecule has 0 saturated carbocycles. The highest BCUT2D eigenvalue weighted by molar-refractivity contribution is 6.29. The maximum Gasteiger partial charge on any atom is 0.226 e. The first-order valence-electron chi connectivity index (χ1n) is 4.50. The highest BCUT2D eigenvalue weighted by atomic mass is 35.5. The van der Waals surface area contributed by atoms with Crippen molar-refractivity contribution in [2.75, 3.05) is 26.0 Å². The van der Waals surface area contributed by atoms with Gasteiger partial charge >= 0.3 is 0 Å². The van der Waals surface area contributed by atoms with Crippen molar-refractivity contribution in [3.63, 3.8) is 0 Å². The molecule has 0 aliphatic heterocycles. The number of nitrogens with zero attached hydrogens (tertiary/aromatic N) is 3. The number of aromatic nitrogens is 2. The van der Waals surface area contributed by atoms with Gasteiger partial charge in [-0.3, -0.25) is 4.79 Å². The summed E-state index contributed by atoms with van der Waals surface area (Å²) < 4.78 is 0. The zero-order valence-corrected chi connectivity index (χ0v) is 9.45. The minimum absolute atomic E-state index is 0.0830. The smallest absolute Gasteiger partial charge is 0.226 e. The van der Waals surface area contributed by atoms with Crippen LogP contribution in [-0.2, 0) is 4.79 Å². The maximum absolute atomic E-state index is 11.4. The Morgan fingerprint density at radius 1 is 1.47 bits per heavy atom. The number of halogens is 1. The lowest BCUT2D eigenvalue weighted by atomic mass is 10.4. The molecule has 0 unspecified atom stereocenters. The van der Waals surface area contributed by atoms with Crippen LogP contribution in [0.15, 0.2) is 12.4 Å². The van der Waals surface area contributed by atoms with Gasteiger partial charge < -0.3 is 10.2 Å². The number of anilines is 1. The molecule has 0 radical (unpaired) electrons. The van der Waals surface area contributed by atoms with Gasteiger partial charge in [0.15, 0.2) is 5.82 Å². The van der Waals surface area contributed by atoms with E-state index in [4.69, 9.17) is 11.6 Å². The van der Waals surface area contributed by atoms with Crippen molar-refractivity contribution in [2.24, 2.45) is 0 Å². The largest absolute Gasteiger partial charge is 0.309 e. The van der Waals surface area contributed by atoms with E-state index in [1.165, 1.54) is 12.4 Å². The summed E-state index contributed by atoms with van der Waals surface area (Å²) in [6, 6.07) is 0. The van der Waals surface area contributed by atoms with Crippen molar-refractivity contribution in [1.82, 2.24) is 14.9 Å². The molecule has 1 N–H and O–H groups in total. The van der Waals surface area contributed by atoms with Crippen molar-refractivity contribution in [1.29, 1.82) is 0 Å². The van der Waals surface area contributed by atoms with E-state index in [0.717, 1.165) is 0 Å². The zero-order chi connectivity index (χ0) is 11.3.